The van der Waals surface area contributed by atoms with E-state index in [2.05, 4.69) is 15.9 Å². The van der Waals surface area contributed by atoms with Gasteiger partial charge in [0.05, 0.1) is 5.56 Å². The van der Waals surface area contributed by atoms with Gasteiger partial charge in [-0.3, -0.25) is 4.79 Å². The van der Waals surface area contributed by atoms with Crippen LogP contribution < -0.4 is 0 Å². The molecule has 0 aliphatic heterocycles. The van der Waals surface area contributed by atoms with Gasteiger partial charge in [0.1, 0.15) is 0 Å². The SMILES string of the molecule is CN(Cc1ccc(Cl)cc1)C(=O)c1ccc(Cl)cc1Br. The second-order valence-corrected chi connectivity index (χ2v) is 6.14. The largest absolute Gasteiger partial charge is 0.337 e. The second kappa shape index (κ2) is 6.61. The maximum absolute atomic E-state index is 12.4. The number of hydrogen-bond acceptors (Lipinski definition) is 1. The Labute approximate surface area is 136 Å². The highest BCUT2D eigenvalue weighted by molar-refractivity contribution is 9.10. The zero-order valence-electron chi connectivity index (χ0n) is 10.7. The van der Waals surface area contributed by atoms with Crippen molar-refractivity contribution in [3.63, 3.8) is 0 Å². The van der Waals surface area contributed by atoms with E-state index in [1.807, 2.05) is 24.3 Å². The summed E-state index contributed by atoms with van der Waals surface area (Å²) in [6.45, 7) is 0.519. The van der Waals surface area contributed by atoms with Gasteiger partial charge in [0.15, 0.2) is 0 Å². The summed E-state index contributed by atoms with van der Waals surface area (Å²) in [5, 5.41) is 1.27. The first-order valence-corrected chi connectivity index (χ1v) is 7.47. The quantitative estimate of drug-likeness (QED) is 0.739. The van der Waals surface area contributed by atoms with E-state index in [0.717, 1.165) is 5.56 Å². The van der Waals surface area contributed by atoms with Gasteiger partial charge < -0.3 is 4.90 Å². The summed E-state index contributed by atoms with van der Waals surface area (Å²) in [6.07, 6.45) is 0. The fourth-order valence-electron chi connectivity index (χ4n) is 1.80. The summed E-state index contributed by atoms with van der Waals surface area (Å²) in [4.78, 5) is 14.0. The molecule has 0 radical (unpaired) electrons. The summed E-state index contributed by atoms with van der Waals surface area (Å²) in [7, 11) is 1.76. The maximum atomic E-state index is 12.4. The minimum atomic E-state index is -0.0662. The lowest BCUT2D eigenvalue weighted by atomic mass is 10.1. The number of nitrogens with zero attached hydrogens (tertiary/aromatic N) is 1. The van der Waals surface area contributed by atoms with E-state index >= 15 is 0 Å². The van der Waals surface area contributed by atoms with Crippen molar-refractivity contribution in [3.8, 4) is 0 Å². The highest BCUT2D eigenvalue weighted by atomic mass is 79.9. The minimum absolute atomic E-state index is 0.0662. The fourth-order valence-corrected chi connectivity index (χ4v) is 2.78. The van der Waals surface area contributed by atoms with E-state index in [9.17, 15) is 4.79 Å². The molecular weight excluding hydrogens is 361 g/mol. The van der Waals surface area contributed by atoms with E-state index < -0.39 is 0 Å². The van der Waals surface area contributed by atoms with Gasteiger partial charge >= 0.3 is 0 Å². The molecule has 2 aromatic rings. The molecule has 0 aliphatic carbocycles. The van der Waals surface area contributed by atoms with E-state index in [4.69, 9.17) is 23.2 Å². The molecule has 1 amide bonds. The Morgan fingerprint density at radius 2 is 1.70 bits per heavy atom. The van der Waals surface area contributed by atoms with Gasteiger partial charge in [-0.05, 0) is 51.8 Å². The number of benzene rings is 2. The number of rotatable bonds is 3. The van der Waals surface area contributed by atoms with E-state index in [1.54, 1.807) is 30.1 Å². The number of carbonyl (C=O) groups is 1. The van der Waals surface area contributed by atoms with Gasteiger partial charge in [-0.2, -0.15) is 0 Å². The van der Waals surface area contributed by atoms with Crippen LogP contribution in [-0.4, -0.2) is 17.9 Å². The number of carbonyl (C=O) groups excluding carboxylic acids is 1. The average Bonchev–Trinajstić information content (AvgIpc) is 2.40. The molecule has 2 aromatic carbocycles. The predicted octanol–water partition coefficient (Wildman–Crippen LogP) is 5.03. The molecule has 0 N–H and O–H groups in total. The van der Waals surface area contributed by atoms with Crippen LogP contribution in [0.15, 0.2) is 46.9 Å². The topological polar surface area (TPSA) is 20.3 Å². The molecule has 0 unspecified atom stereocenters. The zero-order valence-corrected chi connectivity index (χ0v) is 13.8. The molecular formula is C15H12BrCl2NO. The molecule has 20 heavy (non-hydrogen) atoms. The summed E-state index contributed by atoms with van der Waals surface area (Å²) >= 11 is 15.1. The summed E-state index contributed by atoms with van der Waals surface area (Å²) in [5.74, 6) is -0.0662. The van der Waals surface area contributed by atoms with Crippen molar-refractivity contribution >= 4 is 45.0 Å². The van der Waals surface area contributed by atoms with E-state index in [-0.39, 0.29) is 5.91 Å². The van der Waals surface area contributed by atoms with Crippen molar-refractivity contribution in [2.24, 2.45) is 0 Å². The van der Waals surface area contributed by atoms with Crippen LogP contribution in [0, 0.1) is 0 Å². The van der Waals surface area contributed by atoms with E-state index in [1.165, 1.54) is 0 Å². The van der Waals surface area contributed by atoms with Crippen molar-refractivity contribution in [1.82, 2.24) is 4.90 Å². The third-order valence-corrected chi connectivity index (χ3v) is 3.98. The molecule has 0 saturated heterocycles. The van der Waals surface area contributed by atoms with Crippen molar-refractivity contribution in [2.45, 2.75) is 6.54 Å². The van der Waals surface area contributed by atoms with Crippen LogP contribution in [0.1, 0.15) is 15.9 Å². The van der Waals surface area contributed by atoms with Gasteiger partial charge in [-0.1, -0.05) is 35.3 Å². The zero-order chi connectivity index (χ0) is 14.7. The van der Waals surface area contributed by atoms with Crippen molar-refractivity contribution in [3.05, 3.63) is 68.1 Å². The van der Waals surface area contributed by atoms with Crippen molar-refractivity contribution < 1.29 is 4.79 Å². The first-order chi connectivity index (χ1) is 9.47. The average molecular weight is 373 g/mol. The minimum Gasteiger partial charge on any atom is -0.337 e. The molecule has 0 bridgehead atoms. The Hall–Kier alpha value is -1.03. The smallest absolute Gasteiger partial charge is 0.255 e. The lowest BCUT2D eigenvalue weighted by molar-refractivity contribution is 0.0784. The van der Waals surface area contributed by atoms with Gasteiger partial charge in [-0.15, -0.1) is 0 Å². The number of hydrogen-bond donors (Lipinski definition) is 0. The Balaban J connectivity index is 2.14. The molecule has 5 heteroatoms. The van der Waals surface area contributed by atoms with Gasteiger partial charge in [0.25, 0.3) is 5.91 Å². The highest BCUT2D eigenvalue weighted by Crippen LogP contribution is 2.23. The van der Waals surface area contributed by atoms with Crippen LogP contribution in [0.25, 0.3) is 0 Å². The van der Waals surface area contributed by atoms with Gasteiger partial charge in [0.2, 0.25) is 0 Å². The molecule has 2 nitrogen and oxygen atoms in total. The molecule has 104 valence electrons. The lowest BCUT2D eigenvalue weighted by Gasteiger charge is -2.18. The highest BCUT2D eigenvalue weighted by Gasteiger charge is 2.15. The molecule has 0 saturated carbocycles. The summed E-state index contributed by atoms with van der Waals surface area (Å²) < 4.78 is 0.693. The maximum Gasteiger partial charge on any atom is 0.255 e. The summed E-state index contributed by atoms with van der Waals surface area (Å²) in [5.41, 5.74) is 1.61. The normalized spacial score (nSPS) is 10.4. The van der Waals surface area contributed by atoms with Gasteiger partial charge in [0, 0.05) is 28.1 Å². The molecule has 0 spiro atoms. The first kappa shape index (κ1) is 15.4. The third kappa shape index (κ3) is 3.75. The van der Waals surface area contributed by atoms with E-state index in [0.29, 0.717) is 26.6 Å². The van der Waals surface area contributed by atoms with Crippen LogP contribution in [0.5, 0.6) is 0 Å². The van der Waals surface area contributed by atoms with Crippen LogP contribution >= 0.6 is 39.1 Å². The number of amides is 1. The molecule has 0 fully saturated rings. The first-order valence-electron chi connectivity index (χ1n) is 5.92. The molecule has 2 rings (SSSR count). The molecule has 0 aromatic heterocycles. The standard InChI is InChI=1S/C15H12BrCl2NO/c1-19(9-10-2-4-11(17)5-3-10)15(20)13-7-6-12(18)8-14(13)16/h2-8H,9H2,1H3. The Bertz CT molecular complexity index is 628. The number of halogens is 3. The lowest BCUT2D eigenvalue weighted by Crippen LogP contribution is -2.26. The van der Waals surface area contributed by atoms with Crippen molar-refractivity contribution in [2.75, 3.05) is 7.05 Å². The fraction of sp³-hybridized carbons (Fsp3) is 0.133. The monoisotopic (exact) mass is 371 g/mol. The van der Waals surface area contributed by atoms with Gasteiger partial charge in [-0.25, -0.2) is 0 Å². The Kier molecular flexibility index (Phi) is 5.08. The van der Waals surface area contributed by atoms with Crippen LogP contribution in [0.3, 0.4) is 0 Å². The molecule has 0 heterocycles. The second-order valence-electron chi connectivity index (χ2n) is 4.41. The van der Waals surface area contributed by atoms with Crippen LogP contribution in [0.2, 0.25) is 10.0 Å². The molecule has 0 atom stereocenters. The predicted molar refractivity (Wildman–Crippen MR) is 86.4 cm³/mol. The van der Waals surface area contributed by atoms with Crippen LogP contribution in [0.4, 0.5) is 0 Å². The Morgan fingerprint density at radius 1 is 1.10 bits per heavy atom. The van der Waals surface area contributed by atoms with Crippen LogP contribution in [-0.2, 0) is 6.54 Å². The molecule has 0 aliphatic rings. The third-order valence-electron chi connectivity index (χ3n) is 2.84. The summed E-state index contributed by atoms with van der Waals surface area (Å²) in [6, 6.07) is 12.6. The van der Waals surface area contributed by atoms with Crippen molar-refractivity contribution in [1.29, 1.82) is 0 Å². The Morgan fingerprint density at radius 3 is 2.30 bits per heavy atom.